The predicted octanol–water partition coefficient (Wildman–Crippen LogP) is 3.39. The van der Waals surface area contributed by atoms with Crippen LogP contribution in [0.25, 0.3) is 0 Å². The number of nitrogens with one attached hydrogen (secondary N) is 1. The Hall–Kier alpha value is -1.90. The third-order valence-electron chi connectivity index (χ3n) is 4.07. The maximum Gasteiger partial charge on any atom is 0.451 e. The van der Waals surface area contributed by atoms with E-state index < -0.39 is 12.0 Å². The molecule has 2 aliphatic heterocycles. The molecular weight excluding hydrogens is 345 g/mol. The zero-order valence-corrected chi connectivity index (χ0v) is 13.0. The van der Waals surface area contributed by atoms with Gasteiger partial charge < -0.3 is 10.1 Å². The molecule has 24 heavy (non-hydrogen) atoms. The van der Waals surface area contributed by atoms with Crippen molar-refractivity contribution in [2.75, 3.05) is 25.0 Å². The molecule has 0 saturated carbocycles. The average molecular weight is 357 g/mol. The summed E-state index contributed by atoms with van der Waals surface area (Å²) >= 11 is 5.64. The van der Waals surface area contributed by atoms with Crippen molar-refractivity contribution in [2.45, 2.75) is 11.9 Å². The Labute approximate surface area is 140 Å². The zero-order valence-electron chi connectivity index (χ0n) is 12.3. The number of hydrogen-bond donors (Lipinski definition) is 1. The fourth-order valence-corrected chi connectivity index (χ4v) is 3.06. The van der Waals surface area contributed by atoms with E-state index in [1.54, 1.807) is 12.1 Å². The van der Waals surface area contributed by atoms with Gasteiger partial charge in [0.1, 0.15) is 11.0 Å². The summed E-state index contributed by atoms with van der Waals surface area (Å²) in [4.78, 5) is 8.87. The molecule has 1 aromatic carbocycles. The molecule has 3 heterocycles. The minimum absolute atomic E-state index is 0.0154. The van der Waals surface area contributed by atoms with Crippen molar-refractivity contribution in [1.82, 2.24) is 14.9 Å². The van der Waals surface area contributed by atoms with Crippen LogP contribution < -0.4 is 5.32 Å². The van der Waals surface area contributed by atoms with Crippen molar-refractivity contribution in [3.63, 3.8) is 0 Å². The van der Waals surface area contributed by atoms with E-state index in [1.807, 2.05) is 12.1 Å². The number of nitrogens with zero attached hydrogens (tertiary/aromatic N) is 3. The molecule has 4 rings (SSSR count). The molecule has 2 unspecified atom stereocenters. The largest absolute Gasteiger partial charge is 0.451 e. The minimum Gasteiger partial charge on any atom is -0.353 e. The second kappa shape index (κ2) is 5.30. The number of aromatic nitrogens is 2. The van der Waals surface area contributed by atoms with Gasteiger partial charge in [0.05, 0.1) is 6.61 Å². The number of fused-ring (bicyclic) bond motifs is 1. The number of rotatable bonds is 3. The molecule has 2 atom stereocenters. The molecular formula is C15H12ClF3N4O. The van der Waals surface area contributed by atoms with Gasteiger partial charge in [-0.15, -0.1) is 0 Å². The second-order valence-corrected chi connectivity index (χ2v) is 6.04. The molecule has 2 aliphatic rings. The van der Waals surface area contributed by atoms with Gasteiger partial charge in [0.15, 0.2) is 5.72 Å². The van der Waals surface area contributed by atoms with Gasteiger partial charge in [0.25, 0.3) is 0 Å². The lowest BCUT2D eigenvalue weighted by Crippen LogP contribution is -2.13. The summed E-state index contributed by atoms with van der Waals surface area (Å²) < 4.78 is 44.0. The maximum absolute atomic E-state index is 12.7. The smallest absolute Gasteiger partial charge is 0.353 e. The van der Waals surface area contributed by atoms with Gasteiger partial charge in [-0.2, -0.15) is 13.2 Å². The Balaban J connectivity index is 1.55. The van der Waals surface area contributed by atoms with Crippen LogP contribution in [-0.4, -0.2) is 34.6 Å². The molecule has 1 aromatic heterocycles. The average Bonchev–Trinajstić information content (AvgIpc) is 3.08. The first-order valence-corrected chi connectivity index (χ1v) is 7.63. The van der Waals surface area contributed by atoms with Crippen LogP contribution in [0.2, 0.25) is 5.15 Å². The predicted molar refractivity (Wildman–Crippen MR) is 81.0 cm³/mol. The van der Waals surface area contributed by atoms with E-state index in [9.17, 15) is 13.2 Å². The number of alkyl halides is 3. The van der Waals surface area contributed by atoms with Gasteiger partial charge in [0, 0.05) is 30.4 Å². The third-order valence-corrected chi connectivity index (χ3v) is 4.27. The number of morpholine rings is 1. The SMILES string of the molecule is FC(F)(F)c1nc(Cl)cc(Nc2ccc(C34CN3CCO4)cc2)n1. The molecule has 0 bridgehead atoms. The van der Waals surface area contributed by atoms with E-state index >= 15 is 0 Å². The number of anilines is 2. The van der Waals surface area contributed by atoms with Crippen molar-refractivity contribution in [3.8, 4) is 0 Å². The van der Waals surface area contributed by atoms with Gasteiger partial charge in [-0.05, 0) is 12.1 Å². The van der Waals surface area contributed by atoms with Crippen molar-refractivity contribution >= 4 is 23.1 Å². The van der Waals surface area contributed by atoms with E-state index in [0.29, 0.717) is 12.3 Å². The summed E-state index contributed by atoms with van der Waals surface area (Å²) in [5, 5.41) is 2.54. The minimum atomic E-state index is -4.65. The molecule has 5 nitrogen and oxygen atoms in total. The summed E-state index contributed by atoms with van der Waals surface area (Å²) in [5.74, 6) is -1.29. The fraction of sp³-hybridized carbons (Fsp3) is 0.333. The van der Waals surface area contributed by atoms with Crippen LogP contribution in [0.5, 0.6) is 0 Å². The van der Waals surface area contributed by atoms with Crippen molar-refractivity contribution < 1.29 is 17.9 Å². The van der Waals surface area contributed by atoms with Gasteiger partial charge in [-0.25, -0.2) is 9.97 Å². The second-order valence-electron chi connectivity index (χ2n) is 5.65. The number of hydrogen-bond acceptors (Lipinski definition) is 5. The van der Waals surface area contributed by atoms with E-state index in [0.717, 1.165) is 18.7 Å². The summed E-state index contributed by atoms with van der Waals surface area (Å²) in [6.07, 6.45) is -4.65. The third kappa shape index (κ3) is 2.70. The van der Waals surface area contributed by atoms with E-state index in [4.69, 9.17) is 16.3 Å². The molecule has 9 heteroatoms. The Morgan fingerprint density at radius 2 is 1.96 bits per heavy atom. The normalized spacial score (nSPS) is 25.4. The molecule has 1 N–H and O–H groups in total. The van der Waals surface area contributed by atoms with E-state index in [2.05, 4.69) is 20.2 Å². The molecule has 0 radical (unpaired) electrons. The Kier molecular flexibility index (Phi) is 3.45. The lowest BCUT2D eigenvalue weighted by atomic mass is 10.1. The standard InChI is InChI=1S/C15H12ClF3N4O/c16-11-7-12(22-13(21-11)15(17,18)19)20-10-3-1-9(2-4-10)14-8-23(14)5-6-24-14/h1-4,7H,5-6,8H2,(H,20,21,22). The topological polar surface area (TPSA) is 50.0 Å². The maximum atomic E-state index is 12.7. The summed E-state index contributed by atoms with van der Waals surface area (Å²) in [7, 11) is 0. The quantitative estimate of drug-likeness (QED) is 0.675. The van der Waals surface area contributed by atoms with Crippen molar-refractivity contribution in [2.24, 2.45) is 0 Å². The first-order valence-electron chi connectivity index (χ1n) is 7.25. The number of halogens is 4. The van der Waals surface area contributed by atoms with Gasteiger partial charge in [0.2, 0.25) is 5.82 Å². The van der Waals surface area contributed by atoms with Gasteiger partial charge >= 0.3 is 6.18 Å². The van der Waals surface area contributed by atoms with Crippen LogP contribution in [0.1, 0.15) is 11.4 Å². The number of ether oxygens (including phenoxy) is 1. The Bertz CT molecular complexity index is 783. The van der Waals surface area contributed by atoms with E-state index in [-0.39, 0.29) is 16.7 Å². The van der Waals surface area contributed by atoms with Crippen molar-refractivity contribution in [3.05, 3.63) is 46.9 Å². The van der Waals surface area contributed by atoms with Crippen LogP contribution in [0.3, 0.4) is 0 Å². The fourth-order valence-electron chi connectivity index (χ4n) is 2.87. The highest BCUT2D eigenvalue weighted by Crippen LogP contribution is 2.47. The first-order chi connectivity index (χ1) is 11.4. The lowest BCUT2D eigenvalue weighted by Gasteiger charge is -2.13. The van der Waals surface area contributed by atoms with Crippen molar-refractivity contribution in [1.29, 1.82) is 0 Å². The molecule has 2 saturated heterocycles. The van der Waals surface area contributed by atoms with Crippen LogP contribution >= 0.6 is 11.6 Å². The van der Waals surface area contributed by atoms with Crippen LogP contribution in [-0.2, 0) is 16.6 Å². The number of benzene rings is 1. The molecule has 0 aliphatic carbocycles. The summed E-state index contributed by atoms with van der Waals surface area (Å²) in [6.45, 7) is 2.50. The Morgan fingerprint density at radius 1 is 1.21 bits per heavy atom. The summed E-state index contributed by atoms with van der Waals surface area (Å²) in [6, 6.07) is 8.56. The Morgan fingerprint density at radius 3 is 2.54 bits per heavy atom. The van der Waals surface area contributed by atoms with Crippen LogP contribution in [0, 0.1) is 0 Å². The zero-order chi connectivity index (χ0) is 16.9. The molecule has 126 valence electrons. The lowest BCUT2D eigenvalue weighted by molar-refractivity contribution is -0.144. The van der Waals surface area contributed by atoms with Crippen LogP contribution in [0.4, 0.5) is 24.7 Å². The van der Waals surface area contributed by atoms with Crippen LogP contribution in [0.15, 0.2) is 30.3 Å². The highest BCUT2D eigenvalue weighted by atomic mass is 35.5. The monoisotopic (exact) mass is 356 g/mol. The highest BCUT2D eigenvalue weighted by Gasteiger charge is 2.58. The van der Waals surface area contributed by atoms with Gasteiger partial charge in [-0.3, -0.25) is 4.90 Å². The first kappa shape index (κ1) is 15.6. The summed E-state index contributed by atoms with van der Waals surface area (Å²) in [5.41, 5.74) is 1.32. The molecule has 0 spiro atoms. The highest BCUT2D eigenvalue weighted by molar-refractivity contribution is 6.29. The molecule has 0 amide bonds. The molecule has 2 aromatic rings. The molecule has 2 fully saturated rings. The van der Waals surface area contributed by atoms with E-state index in [1.165, 1.54) is 6.07 Å². The van der Waals surface area contributed by atoms with Gasteiger partial charge in [-0.1, -0.05) is 23.7 Å².